The number of pyridine rings is 1. The first-order valence-electron chi connectivity index (χ1n) is 5.28. The largest absolute Gasteiger partial charge is 0.277 e. The second-order valence-corrected chi connectivity index (χ2v) is 5.61. The lowest BCUT2D eigenvalue weighted by Crippen LogP contribution is -2.14. The monoisotopic (exact) mass is 284 g/mol. The molecule has 1 N–H and O–H groups in total. The van der Waals surface area contributed by atoms with E-state index in [1.807, 2.05) is 4.72 Å². The molecule has 0 saturated heterocycles. The molecule has 0 saturated carbocycles. The fourth-order valence-corrected chi connectivity index (χ4v) is 2.70. The maximum absolute atomic E-state index is 13.3. The average Bonchev–Trinajstić information content (AvgIpc) is 2.31. The van der Waals surface area contributed by atoms with E-state index in [4.69, 9.17) is 0 Å². The summed E-state index contributed by atoms with van der Waals surface area (Å²) in [5, 5.41) is 0. The minimum Gasteiger partial charge on any atom is -0.277 e. The van der Waals surface area contributed by atoms with Gasteiger partial charge in [-0.15, -0.1) is 0 Å². The molecule has 2 rings (SSSR count). The van der Waals surface area contributed by atoms with E-state index in [-0.39, 0.29) is 10.6 Å². The molecule has 0 radical (unpaired) electrons. The molecule has 0 aliphatic heterocycles. The molecule has 0 spiro atoms. The molecule has 1 heterocycles. The molecule has 0 aliphatic carbocycles. The van der Waals surface area contributed by atoms with Crippen molar-refractivity contribution in [1.82, 2.24) is 4.98 Å². The van der Waals surface area contributed by atoms with Crippen LogP contribution in [0.5, 0.6) is 0 Å². The minimum atomic E-state index is -4.04. The van der Waals surface area contributed by atoms with E-state index in [0.29, 0.717) is 5.56 Å². The lowest BCUT2D eigenvalue weighted by Gasteiger charge is -2.09. The third-order valence-corrected chi connectivity index (χ3v) is 3.69. The van der Waals surface area contributed by atoms with Gasteiger partial charge < -0.3 is 0 Å². The Bertz CT molecular complexity index is 697. The summed E-state index contributed by atoms with van der Waals surface area (Å²) in [5.41, 5.74) is 0.215. The summed E-state index contributed by atoms with van der Waals surface area (Å²) in [5.74, 6) is -1.48. The molecule has 7 heteroatoms. The summed E-state index contributed by atoms with van der Waals surface area (Å²) >= 11 is 0. The molecule has 19 heavy (non-hydrogen) atoms. The highest BCUT2D eigenvalue weighted by Gasteiger charge is 2.17. The van der Waals surface area contributed by atoms with Crippen LogP contribution in [0.3, 0.4) is 0 Å². The highest BCUT2D eigenvalue weighted by atomic mass is 32.2. The highest BCUT2D eigenvalue weighted by molar-refractivity contribution is 7.92. The number of hydrogen-bond acceptors (Lipinski definition) is 3. The van der Waals surface area contributed by atoms with Crippen molar-refractivity contribution in [3.05, 3.63) is 53.9 Å². The molecule has 1 aromatic carbocycles. The molecular weight excluding hydrogens is 274 g/mol. The van der Waals surface area contributed by atoms with Crippen LogP contribution < -0.4 is 4.72 Å². The summed E-state index contributed by atoms with van der Waals surface area (Å²) in [7, 11) is -4.04. The summed E-state index contributed by atoms with van der Waals surface area (Å²) in [4.78, 5) is 3.24. The molecule has 4 nitrogen and oxygen atoms in total. The Kier molecular flexibility index (Phi) is 3.48. The van der Waals surface area contributed by atoms with Gasteiger partial charge in [-0.3, -0.25) is 9.71 Å². The minimum absolute atomic E-state index is 0.239. The van der Waals surface area contributed by atoms with Crippen molar-refractivity contribution < 1.29 is 17.2 Å². The van der Waals surface area contributed by atoms with E-state index in [2.05, 4.69) is 4.98 Å². The van der Waals surface area contributed by atoms with E-state index in [9.17, 15) is 17.2 Å². The van der Waals surface area contributed by atoms with Gasteiger partial charge in [0.15, 0.2) is 5.82 Å². The number of anilines is 1. The normalized spacial score (nSPS) is 11.3. The van der Waals surface area contributed by atoms with Crippen molar-refractivity contribution in [2.45, 2.75) is 11.8 Å². The second-order valence-electron chi connectivity index (χ2n) is 3.93. The summed E-state index contributed by atoms with van der Waals surface area (Å²) in [6.45, 7) is 1.56. The number of nitrogens with zero attached hydrogens (tertiary/aromatic N) is 1. The van der Waals surface area contributed by atoms with Gasteiger partial charge in [-0.1, -0.05) is 0 Å². The zero-order valence-electron chi connectivity index (χ0n) is 9.89. The Balaban J connectivity index is 2.41. The van der Waals surface area contributed by atoms with Crippen LogP contribution in [0.4, 0.5) is 14.5 Å². The van der Waals surface area contributed by atoms with E-state index in [1.165, 1.54) is 24.4 Å². The first kappa shape index (κ1) is 13.4. The number of halogens is 2. The molecular formula is C12H10F2N2O2S. The van der Waals surface area contributed by atoms with E-state index < -0.39 is 21.7 Å². The molecule has 2 aromatic rings. The van der Waals surface area contributed by atoms with Gasteiger partial charge in [-0.25, -0.2) is 17.2 Å². The van der Waals surface area contributed by atoms with Gasteiger partial charge in [-0.2, -0.15) is 0 Å². The lowest BCUT2D eigenvalue weighted by molar-refractivity contribution is 0.592. The quantitative estimate of drug-likeness (QED) is 0.942. The van der Waals surface area contributed by atoms with Crippen LogP contribution in [0.15, 0.2) is 41.6 Å². The molecule has 0 bridgehead atoms. The summed E-state index contributed by atoms with van der Waals surface area (Å²) in [6.07, 6.45) is 2.13. The van der Waals surface area contributed by atoms with Crippen LogP contribution in [-0.4, -0.2) is 13.4 Å². The fraction of sp³-hybridized carbons (Fsp3) is 0.0833. The molecule has 0 amide bonds. The van der Waals surface area contributed by atoms with Gasteiger partial charge >= 0.3 is 0 Å². The van der Waals surface area contributed by atoms with Gasteiger partial charge in [0.1, 0.15) is 5.82 Å². The molecule has 0 fully saturated rings. The number of benzene rings is 1. The number of aryl methyl sites for hydroxylation is 1. The van der Waals surface area contributed by atoms with Crippen molar-refractivity contribution in [2.24, 2.45) is 0 Å². The summed E-state index contributed by atoms with van der Waals surface area (Å²) < 4.78 is 52.6. The highest BCUT2D eigenvalue weighted by Crippen LogP contribution is 2.19. The Hall–Kier alpha value is -2.02. The van der Waals surface area contributed by atoms with Gasteiger partial charge in [-0.05, 0) is 36.8 Å². The number of nitrogens with one attached hydrogen (secondary N) is 1. The Morgan fingerprint density at radius 3 is 2.58 bits per heavy atom. The van der Waals surface area contributed by atoms with Crippen molar-refractivity contribution in [3.63, 3.8) is 0 Å². The van der Waals surface area contributed by atoms with Crippen LogP contribution in [-0.2, 0) is 10.0 Å². The second kappa shape index (κ2) is 4.93. The Morgan fingerprint density at radius 2 is 1.95 bits per heavy atom. The van der Waals surface area contributed by atoms with Gasteiger partial charge in [0.25, 0.3) is 10.0 Å². The predicted octanol–water partition coefficient (Wildman–Crippen LogP) is 2.47. The van der Waals surface area contributed by atoms with Crippen molar-refractivity contribution in [3.8, 4) is 0 Å². The van der Waals surface area contributed by atoms with E-state index >= 15 is 0 Å². The zero-order chi connectivity index (χ0) is 14.0. The maximum Gasteiger partial charge on any atom is 0.262 e. The lowest BCUT2D eigenvalue weighted by atomic mass is 10.2. The van der Waals surface area contributed by atoms with Crippen LogP contribution >= 0.6 is 0 Å². The van der Waals surface area contributed by atoms with Crippen molar-refractivity contribution in [1.29, 1.82) is 0 Å². The number of aromatic nitrogens is 1. The third kappa shape index (κ3) is 3.05. The average molecular weight is 284 g/mol. The Labute approximate surface area is 109 Å². The number of hydrogen-bond donors (Lipinski definition) is 1. The van der Waals surface area contributed by atoms with Gasteiger partial charge in [0.05, 0.1) is 16.8 Å². The maximum atomic E-state index is 13.3. The molecule has 1 aromatic heterocycles. The van der Waals surface area contributed by atoms with Crippen LogP contribution in [0, 0.1) is 18.6 Å². The van der Waals surface area contributed by atoms with E-state index in [0.717, 1.165) is 12.3 Å². The molecule has 0 aliphatic rings. The molecule has 0 atom stereocenters. The topological polar surface area (TPSA) is 59.1 Å². The predicted molar refractivity (Wildman–Crippen MR) is 66.1 cm³/mol. The SMILES string of the molecule is Cc1cc(F)cc(S(=O)(=O)Nc2ccncc2F)c1. The third-order valence-electron chi connectivity index (χ3n) is 2.34. The van der Waals surface area contributed by atoms with Crippen LogP contribution in [0.25, 0.3) is 0 Å². The number of sulfonamides is 1. The van der Waals surface area contributed by atoms with E-state index in [1.54, 1.807) is 6.92 Å². The fourth-order valence-electron chi connectivity index (χ4n) is 1.52. The molecule has 100 valence electrons. The summed E-state index contributed by atoms with van der Waals surface area (Å²) in [6, 6.07) is 4.55. The van der Waals surface area contributed by atoms with Crippen LogP contribution in [0.2, 0.25) is 0 Å². The molecule has 0 unspecified atom stereocenters. The number of rotatable bonds is 3. The first-order valence-corrected chi connectivity index (χ1v) is 6.76. The van der Waals surface area contributed by atoms with Crippen LogP contribution in [0.1, 0.15) is 5.56 Å². The van der Waals surface area contributed by atoms with Gasteiger partial charge in [0.2, 0.25) is 0 Å². The first-order chi connectivity index (χ1) is 8.88. The standard InChI is InChI=1S/C12H10F2N2O2S/c1-8-4-9(13)6-10(5-8)19(17,18)16-12-2-3-15-7-11(12)14/h2-7H,1H3,(H,15,16). The van der Waals surface area contributed by atoms with Gasteiger partial charge in [0, 0.05) is 6.20 Å². The smallest absolute Gasteiger partial charge is 0.262 e. The Morgan fingerprint density at radius 1 is 1.21 bits per heavy atom. The zero-order valence-corrected chi connectivity index (χ0v) is 10.7. The van der Waals surface area contributed by atoms with Crippen molar-refractivity contribution in [2.75, 3.05) is 4.72 Å². The van der Waals surface area contributed by atoms with Crippen molar-refractivity contribution >= 4 is 15.7 Å².